The zero-order valence-corrected chi connectivity index (χ0v) is 20.2. The molecular formula is C27H32N4O3. The molecule has 4 aromatic rings. The molecule has 0 atom stereocenters. The Kier molecular flexibility index (Phi) is 8.22. The number of hydrogen-bond acceptors (Lipinski definition) is 6. The van der Waals surface area contributed by atoms with Crippen molar-refractivity contribution >= 4 is 11.0 Å². The Hall–Kier alpha value is -3.29. The first-order chi connectivity index (χ1) is 16.7. The van der Waals surface area contributed by atoms with Crippen LogP contribution in [-0.2, 0) is 29.0 Å². The van der Waals surface area contributed by atoms with E-state index in [4.69, 9.17) is 24.2 Å². The van der Waals surface area contributed by atoms with E-state index in [1.807, 2.05) is 56.4 Å². The van der Waals surface area contributed by atoms with E-state index in [2.05, 4.69) is 22.5 Å². The van der Waals surface area contributed by atoms with Gasteiger partial charge in [0.15, 0.2) is 5.52 Å². The molecule has 0 aliphatic heterocycles. The van der Waals surface area contributed by atoms with Crippen molar-refractivity contribution in [3.8, 4) is 11.6 Å². The number of aryl methyl sites for hydroxylation is 3. The van der Waals surface area contributed by atoms with Crippen LogP contribution in [0.3, 0.4) is 0 Å². The summed E-state index contributed by atoms with van der Waals surface area (Å²) in [6.45, 7) is 9.08. The van der Waals surface area contributed by atoms with E-state index in [0.717, 1.165) is 46.7 Å². The van der Waals surface area contributed by atoms with Crippen molar-refractivity contribution in [3.63, 3.8) is 0 Å². The summed E-state index contributed by atoms with van der Waals surface area (Å²) < 4.78 is 20.0. The molecule has 7 heteroatoms. The van der Waals surface area contributed by atoms with Crippen LogP contribution in [0.25, 0.3) is 11.0 Å². The van der Waals surface area contributed by atoms with E-state index in [-0.39, 0.29) is 0 Å². The quantitative estimate of drug-likeness (QED) is 0.263. The lowest BCUT2D eigenvalue weighted by Crippen LogP contribution is -2.12. The minimum atomic E-state index is 0.426. The molecule has 3 aromatic heterocycles. The summed E-state index contributed by atoms with van der Waals surface area (Å²) >= 11 is 0. The molecule has 0 spiro atoms. The molecule has 3 heterocycles. The lowest BCUT2D eigenvalue weighted by atomic mass is 10.2. The number of pyridine rings is 2. The minimum Gasteiger partial charge on any atom is -0.437 e. The molecule has 0 saturated carbocycles. The van der Waals surface area contributed by atoms with E-state index in [1.54, 1.807) is 6.20 Å². The van der Waals surface area contributed by atoms with Crippen molar-refractivity contribution in [2.24, 2.45) is 0 Å². The second-order valence-electron chi connectivity index (χ2n) is 8.13. The third kappa shape index (κ3) is 5.79. The van der Waals surface area contributed by atoms with Crippen molar-refractivity contribution in [3.05, 3.63) is 77.5 Å². The number of imidazole rings is 1. The first-order valence-electron chi connectivity index (χ1n) is 11.8. The van der Waals surface area contributed by atoms with Gasteiger partial charge in [-0.25, -0.2) is 9.97 Å². The average Bonchev–Trinajstić information content (AvgIpc) is 3.23. The molecule has 0 amide bonds. The van der Waals surface area contributed by atoms with Crippen LogP contribution in [0.2, 0.25) is 0 Å². The van der Waals surface area contributed by atoms with E-state index in [0.29, 0.717) is 38.9 Å². The smallest absolute Gasteiger partial charge is 0.247 e. The normalized spacial score (nSPS) is 11.3. The number of benzene rings is 1. The molecule has 0 aliphatic rings. The fourth-order valence-electron chi connectivity index (χ4n) is 3.89. The topological polar surface area (TPSA) is 71.3 Å². The molecule has 4 rings (SSSR count). The average molecular weight is 461 g/mol. The fourth-order valence-corrected chi connectivity index (χ4v) is 3.89. The summed E-state index contributed by atoms with van der Waals surface area (Å²) in [4.78, 5) is 13.8. The van der Waals surface area contributed by atoms with Crippen molar-refractivity contribution in [1.29, 1.82) is 0 Å². The lowest BCUT2D eigenvalue weighted by Gasteiger charge is -2.13. The van der Waals surface area contributed by atoms with Crippen LogP contribution in [0, 0.1) is 13.8 Å². The number of ether oxygens (including phenoxy) is 3. The van der Waals surface area contributed by atoms with Gasteiger partial charge in [0.1, 0.15) is 18.2 Å². The highest BCUT2D eigenvalue weighted by Crippen LogP contribution is 2.32. The Morgan fingerprint density at radius 1 is 0.941 bits per heavy atom. The standard InChI is InChI=1S/C27H32N4O3/c1-4-32-19-24-30-25-26(20(2)21(3)29-27(25)34-23-12-6-5-7-13-23)31(24)15-17-33-16-9-11-22-10-8-14-28-18-22/h5-8,10,12-14,18H,4,9,11,15-17,19H2,1-3H3. The van der Waals surface area contributed by atoms with Crippen LogP contribution in [0.15, 0.2) is 54.9 Å². The van der Waals surface area contributed by atoms with Gasteiger partial charge in [0.25, 0.3) is 0 Å². The first kappa shape index (κ1) is 23.9. The van der Waals surface area contributed by atoms with Crippen LogP contribution < -0.4 is 4.74 Å². The second kappa shape index (κ2) is 11.7. The van der Waals surface area contributed by atoms with Crippen molar-refractivity contribution in [1.82, 2.24) is 19.5 Å². The molecule has 0 fully saturated rings. The molecule has 0 unspecified atom stereocenters. The van der Waals surface area contributed by atoms with Gasteiger partial charge in [0.2, 0.25) is 5.88 Å². The number of para-hydroxylation sites is 1. The number of fused-ring (bicyclic) bond motifs is 1. The Morgan fingerprint density at radius 3 is 2.56 bits per heavy atom. The lowest BCUT2D eigenvalue weighted by molar-refractivity contribution is 0.112. The van der Waals surface area contributed by atoms with Gasteiger partial charge in [-0.1, -0.05) is 24.3 Å². The summed E-state index contributed by atoms with van der Waals surface area (Å²) in [6, 6.07) is 13.7. The van der Waals surface area contributed by atoms with Gasteiger partial charge < -0.3 is 18.8 Å². The first-order valence-corrected chi connectivity index (χ1v) is 11.8. The summed E-state index contributed by atoms with van der Waals surface area (Å²) in [5.74, 6) is 2.10. The van der Waals surface area contributed by atoms with Crippen LogP contribution in [-0.4, -0.2) is 39.3 Å². The Bertz CT molecular complexity index is 1190. The van der Waals surface area contributed by atoms with Crippen LogP contribution in [0.5, 0.6) is 11.6 Å². The highest BCUT2D eigenvalue weighted by atomic mass is 16.5. The molecule has 0 saturated heterocycles. The molecule has 1 aromatic carbocycles. The highest BCUT2D eigenvalue weighted by molar-refractivity contribution is 5.85. The molecule has 0 aliphatic carbocycles. The van der Waals surface area contributed by atoms with Crippen molar-refractivity contribution in [2.45, 2.75) is 46.8 Å². The molecule has 34 heavy (non-hydrogen) atoms. The summed E-state index contributed by atoms with van der Waals surface area (Å²) in [5, 5.41) is 0. The fraction of sp³-hybridized carbons (Fsp3) is 0.370. The summed E-state index contributed by atoms with van der Waals surface area (Å²) in [5.41, 5.74) is 5.00. The Labute approximate surface area is 200 Å². The number of aromatic nitrogens is 4. The van der Waals surface area contributed by atoms with Gasteiger partial charge in [0, 0.05) is 37.8 Å². The second-order valence-corrected chi connectivity index (χ2v) is 8.13. The monoisotopic (exact) mass is 460 g/mol. The molecule has 0 N–H and O–H groups in total. The van der Waals surface area contributed by atoms with E-state index >= 15 is 0 Å². The van der Waals surface area contributed by atoms with Gasteiger partial charge >= 0.3 is 0 Å². The van der Waals surface area contributed by atoms with Gasteiger partial charge in [-0.05, 0) is 62.9 Å². The zero-order chi connectivity index (χ0) is 23.8. The third-order valence-electron chi connectivity index (χ3n) is 5.75. The molecule has 178 valence electrons. The molecular weight excluding hydrogens is 428 g/mol. The maximum Gasteiger partial charge on any atom is 0.247 e. The maximum atomic E-state index is 6.14. The van der Waals surface area contributed by atoms with Gasteiger partial charge in [-0.15, -0.1) is 0 Å². The maximum absolute atomic E-state index is 6.14. The number of nitrogens with zero attached hydrogens (tertiary/aromatic N) is 4. The van der Waals surface area contributed by atoms with E-state index < -0.39 is 0 Å². The largest absolute Gasteiger partial charge is 0.437 e. The zero-order valence-electron chi connectivity index (χ0n) is 20.2. The highest BCUT2D eigenvalue weighted by Gasteiger charge is 2.20. The van der Waals surface area contributed by atoms with Gasteiger partial charge in [-0.3, -0.25) is 4.98 Å². The minimum absolute atomic E-state index is 0.426. The Balaban J connectivity index is 1.51. The number of hydrogen-bond donors (Lipinski definition) is 0. The van der Waals surface area contributed by atoms with Crippen LogP contribution in [0.1, 0.15) is 36.0 Å². The van der Waals surface area contributed by atoms with Gasteiger partial charge in [-0.2, -0.15) is 0 Å². The van der Waals surface area contributed by atoms with Crippen LogP contribution >= 0.6 is 0 Å². The van der Waals surface area contributed by atoms with E-state index in [1.165, 1.54) is 5.56 Å². The molecule has 0 radical (unpaired) electrons. The Morgan fingerprint density at radius 2 is 1.79 bits per heavy atom. The SMILES string of the molecule is CCOCc1nc2c(Oc3ccccc3)nc(C)c(C)c2n1CCOCCCc1cccnc1. The predicted molar refractivity (Wildman–Crippen MR) is 132 cm³/mol. The summed E-state index contributed by atoms with van der Waals surface area (Å²) in [6.07, 6.45) is 5.62. The van der Waals surface area contributed by atoms with Crippen molar-refractivity contribution in [2.75, 3.05) is 19.8 Å². The van der Waals surface area contributed by atoms with Crippen LogP contribution in [0.4, 0.5) is 0 Å². The molecule has 7 nitrogen and oxygen atoms in total. The third-order valence-corrected chi connectivity index (χ3v) is 5.75. The van der Waals surface area contributed by atoms with Gasteiger partial charge in [0.05, 0.1) is 12.1 Å². The van der Waals surface area contributed by atoms with Crippen molar-refractivity contribution < 1.29 is 14.2 Å². The number of rotatable bonds is 12. The molecule has 0 bridgehead atoms. The summed E-state index contributed by atoms with van der Waals surface area (Å²) in [7, 11) is 0. The predicted octanol–water partition coefficient (Wildman–Crippen LogP) is 5.42. The van der Waals surface area contributed by atoms with E-state index in [9.17, 15) is 0 Å².